The Morgan fingerprint density at radius 1 is 1.00 bits per heavy atom. The molecule has 0 heterocycles. The molecule has 2 aromatic rings. The Bertz CT molecular complexity index is 787. The van der Waals surface area contributed by atoms with Crippen molar-refractivity contribution in [3.05, 3.63) is 70.3 Å². The minimum atomic E-state index is -0.900. The molecule has 0 atom stereocenters. The minimum absolute atomic E-state index is 0.0783. The van der Waals surface area contributed by atoms with Crippen LogP contribution >= 0.6 is 0 Å². The Morgan fingerprint density at radius 2 is 1.78 bits per heavy atom. The van der Waals surface area contributed by atoms with Gasteiger partial charge in [0.25, 0.3) is 5.91 Å². The quantitative estimate of drug-likeness (QED) is 0.563. The van der Waals surface area contributed by atoms with Gasteiger partial charge >= 0.3 is 5.97 Å². The number of carboxylic acid groups (broad SMARTS) is 1. The number of hydrogen-bond donors (Lipinski definition) is 3. The van der Waals surface area contributed by atoms with Crippen molar-refractivity contribution in [3.8, 4) is 0 Å². The fourth-order valence-corrected chi connectivity index (χ4v) is 2.98. The molecule has 5 nitrogen and oxygen atoms in total. The molecular formula is C22H28N2O3. The summed E-state index contributed by atoms with van der Waals surface area (Å²) in [5, 5.41) is 15.2. The van der Waals surface area contributed by atoms with E-state index in [0.29, 0.717) is 17.7 Å². The molecular weight excluding hydrogens is 340 g/mol. The van der Waals surface area contributed by atoms with Crippen molar-refractivity contribution in [2.75, 3.05) is 13.1 Å². The SMILES string of the molecule is CCc1cccc(CNCCCNC(=O)c2cc(C)cc(CC(=O)O)c2)c1. The van der Waals surface area contributed by atoms with Gasteiger partial charge < -0.3 is 15.7 Å². The van der Waals surface area contributed by atoms with Crippen molar-refractivity contribution in [1.82, 2.24) is 10.6 Å². The summed E-state index contributed by atoms with van der Waals surface area (Å²) in [5.74, 6) is -1.07. The number of carboxylic acids is 1. The zero-order chi connectivity index (χ0) is 19.6. The second-order valence-electron chi connectivity index (χ2n) is 6.74. The van der Waals surface area contributed by atoms with Crippen molar-refractivity contribution in [1.29, 1.82) is 0 Å². The van der Waals surface area contributed by atoms with Crippen molar-refractivity contribution >= 4 is 11.9 Å². The molecule has 144 valence electrons. The van der Waals surface area contributed by atoms with Gasteiger partial charge in [0.2, 0.25) is 0 Å². The highest BCUT2D eigenvalue weighted by molar-refractivity contribution is 5.94. The van der Waals surface area contributed by atoms with Crippen molar-refractivity contribution in [2.45, 2.75) is 39.7 Å². The van der Waals surface area contributed by atoms with Crippen LogP contribution < -0.4 is 10.6 Å². The van der Waals surface area contributed by atoms with Crippen molar-refractivity contribution in [3.63, 3.8) is 0 Å². The smallest absolute Gasteiger partial charge is 0.307 e. The normalized spacial score (nSPS) is 10.6. The number of benzene rings is 2. The Morgan fingerprint density at radius 3 is 2.52 bits per heavy atom. The lowest BCUT2D eigenvalue weighted by Gasteiger charge is -2.09. The fourth-order valence-electron chi connectivity index (χ4n) is 2.98. The lowest BCUT2D eigenvalue weighted by Crippen LogP contribution is -2.27. The Labute approximate surface area is 160 Å². The highest BCUT2D eigenvalue weighted by atomic mass is 16.4. The maximum absolute atomic E-state index is 12.3. The van der Waals surface area contributed by atoms with Crippen LogP contribution in [0.1, 0.15) is 46.0 Å². The molecule has 1 amide bonds. The average Bonchev–Trinajstić information content (AvgIpc) is 2.63. The van der Waals surface area contributed by atoms with Gasteiger partial charge in [-0.15, -0.1) is 0 Å². The van der Waals surface area contributed by atoms with E-state index in [1.165, 1.54) is 11.1 Å². The van der Waals surface area contributed by atoms with Crippen LogP contribution in [-0.4, -0.2) is 30.1 Å². The molecule has 0 bridgehead atoms. The van der Waals surface area contributed by atoms with Crippen LogP contribution in [0.2, 0.25) is 0 Å². The fraction of sp³-hybridized carbons (Fsp3) is 0.364. The van der Waals surface area contributed by atoms with Crippen LogP contribution in [-0.2, 0) is 24.2 Å². The first-order valence-corrected chi connectivity index (χ1v) is 9.37. The molecule has 0 saturated carbocycles. The Kier molecular flexibility index (Phi) is 8.01. The predicted octanol–water partition coefficient (Wildman–Crippen LogP) is 3.09. The molecule has 0 aliphatic carbocycles. The van der Waals surface area contributed by atoms with Crippen LogP contribution in [0.3, 0.4) is 0 Å². The first kappa shape index (κ1) is 20.6. The van der Waals surface area contributed by atoms with E-state index in [9.17, 15) is 9.59 Å². The summed E-state index contributed by atoms with van der Waals surface area (Å²) < 4.78 is 0. The van der Waals surface area contributed by atoms with E-state index in [0.717, 1.165) is 31.5 Å². The Hall–Kier alpha value is -2.66. The highest BCUT2D eigenvalue weighted by Crippen LogP contribution is 2.11. The summed E-state index contributed by atoms with van der Waals surface area (Å²) in [4.78, 5) is 23.1. The van der Waals surface area contributed by atoms with Gasteiger partial charge in [-0.2, -0.15) is 0 Å². The molecule has 0 fully saturated rings. The summed E-state index contributed by atoms with van der Waals surface area (Å²) in [7, 11) is 0. The van der Waals surface area contributed by atoms with E-state index >= 15 is 0 Å². The van der Waals surface area contributed by atoms with E-state index in [4.69, 9.17) is 5.11 Å². The monoisotopic (exact) mass is 368 g/mol. The largest absolute Gasteiger partial charge is 0.481 e. The van der Waals surface area contributed by atoms with Crippen LogP contribution in [0.5, 0.6) is 0 Å². The molecule has 0 aromatic heterocycles. The standard InChI is InChI=1S/C22H28N2O3/c1-3-17-6-4-7-18(12-17)15-23-8-5-9-24-22(27)20-11-16(2)10-19(13-20)14-21(25)26/h4,6-7,10-13,23H,3,5,8-9,14-15H2,1-2H3,(H,24,27)(H,25,26). The van der Waals surface area contributed by atoms with E-state index in [-0.39, 0.29) is 12.3 Å². The van der Waals surface area contributed by atoms with Crippen molar-refractivity contribution < 1.29 is 14.7 Å². The van der Waals surface area contributed by atoms with Crippen LogP contribution in [0.15, 0.2) is 42.5 Å². The maximum atomic E-state index is 12.3. The number of amides is 1. The topological polar surface area (TPSA) is 78.4 Å². The zero-order valence-corrected chi connectivity index (χ0v) is 16.0. The molecule has 0 aliphatic rings. The van der Waals surface area contributed by atoms with Gasteiger partial charge in [-0.05, 0) is 55.1 Å². The molecule has 0 aliphatic heterocycles. The summed E-state index contributed by atoms with van der Waals surface area (Å²) in [6.07, 6.45) is 1.78. The number of rotatable bonds is 10. The summed E-state index contributed by atoms with van der Waals surface area (Å²) in [6.45, 7) is 6.21. The Balaban J connectivity index is 1.73. The van der Waals surface area contributed by atoms with Gasteiger partial charge in [0, 0.05) is 18.7 Å². The van der Waals surface area contributed by atoms with E-state index in [1.54, 1.807) is 18.2 Å². The number of hydrogen-bond acceptors (Lipinski definition) is 3. The molecule has 0 spiro atoms. The van der Waals surface area contributed by atoms with Gasteiger partial charge in [-0.25, -0.2) is 0 Å². The lowest BCUT2D eigenvalue weighted by atomic mass is 10.0. The predicted molar refractivity (Wildman–Crippen MR) is 107 cm³/mol. The lowest BCUT2D eigenvalue weighted by molar-refractivity contribution is -0.136. The van der Waals surface area contributed by atoms with Gasteiger partial charge in [0.05, 0.1) is 6.42 Å². The highest BCUT2D eigenvalue weighted by Gasteiger charge is 2.09. The van der Waals surface area contributed by atoms with E-state index in [1.807, 2.05) is 6.92 Å². The summed E-state index contributed by atoms with van der Waals surface area (Å²) in [5.41, 5.74) is 4.64. The van der Waals surface area contributed by atoms with Gasteiger partial charge in [-0.1, -0.05) is 42.8 Å². The molecule has 2 aromatic carbocycles. The molecule has 5 heteroatoms. The van der Waals surface area contributed by atoms with Crippen molar-refractivity contribution in [2.24, 2.45) is 0 Å². The van der Waals surface area contributed by atoms with Crippen LogP contribution in [0.4, 0.5) is 0 Å². The molecule has 2 rings (SSSR count). The number of nitrogens with one attached hydrogen (secondary N) is 2. The van der Waals surface area contributed by atoms with E-state index in [2.05, 4.69) is 41.8 Å². The van der Waals surface area contributed by atoms with Gasteiger partial charge in [0.1, 0.15) is 0 Å². The summed E-state index contributed by atoms with van der Waals surface area (Å²) in [6, 6.07) is 13.8. The van der Waals surface area contributed by atoms with Gasteiger partial charge in [0.15, 0.2) is 0 Å². The molecule has 0 saturated heterocycles. The second-order valence-corrected chi connectivity index (χ2v) is 6.74. The maximum Gasteiger partial charge on any atom is 0.307 e. The number of aliphatic carboxylic acids is 1. The zero-order valence-electron chi connectivity index (χ0n) is 16.0. The minimum Gasteiger partial charge on any atom is -0.481 e. The first-order chi connectivity index (χ1) is 13.0. The molecule has 0 radical (unpaired) electrons. The second kappa shape index (κ2) is 10.5. The third-order valence-electron chi connectivity index (χ3n) is 4.30. The number of aryl methyl sites for hydroxylation is 2. The molecule has 3 N–H and O–H groups in total. The number of carbonyl (C=O) groups excluding carboxylic acids is 1. The van der Waals surface area contributed by atoms with Crippen LogP contribution in [0, 0.1) is 6.92 Å². The third-order valence-corrected chi connectivity index (χ3v) is 4.30. The first-order valence-electron chi connectivity index (χ1n) is 9.37. The van der Waals surface area contributed by atoms with Gasteiger partial charge in [-0.3, -0.25) is 9.59 Å². The molecule has 27 heavy (non-hydrogen) atoms. The van der Waals surface area contributed by atoms with Crippen LogP contribution in [0.25, 0.3) is 0 Å². The molecule has 0 unspecified atom stereocenters. The average molecular weight is 368 g/mol. The number of carbonyl (C=O) groups is 2. The third kappa shape index (κ3) is 7.23. The summed E-state index contributed by atoms with van der Waals surface area (Å²) >= 11 is 0. The van der Waals surface area contributed by atoms with E-state index < -0.39 is 5.97 Å².